The van der Waals surface area contributed by atoms with Gasteiger partial charge in [-0.1, -0.05) is 18.2 Å². The van der Waals surface area contributed by atoms with Crippen LogP contribution >= 0.6 is 0 Å². The van der Waals surface area contributed by atoms with Crippen molar-refractivity contribution in [3.8, 4) is 5.75 Å². The lowest BCUT2D eigenvalue weighted by Gasteiger charge is -2.07. The molecule has 9 heteroatoms. The van der Waals surface area contributed by atoms with Crippen LogP contribution in [0.4, 0.5) is 17.1 Å². The Kier molecular flexibility index (Phi) is 4.82. The second-order valence-corrected chi connectivity index (χ2v) is 4.37. The van der Waals surface area contributed by atoms with Gasteiger partial charge in [-0.2, -0.15) is 0 Å². The van der Waals surface area contributed by atoms with Crippen molar-refractivity contribution >= 4 is 23.0 Å². The molecule has 0 aliphatic heterocycles. The van der Waals surface area contributed by atoms with Gasteiger partial charge in [-0.3, -0.25) is 25.0 Å². The number of hydrogen-bond donors (Lipinski definition) is 1. The van der Waals surface area contributed by atoms with Gasteiger partial charge in [-0.25, -0.2) is 0 Å². The Labute approximate surface area is 129 Å². The van der Waals surface area contributed by atoms with Gasteiger partial charge in [0.2, 0.25) is 0 Å². The lowest BCUT2D eigenvalue weighted by Crippen LogP contribution is -2.20. The van der Waals surface area contributed by atoms with Gasteiger partial charge in [0.15, 0.2) is 6.61 Å². The molecule has 0 unspecified atom stereocenters. The van der Waals surface area contributed by atoms with E-state index in [9.17, 15) is 25.0 Å². The van der Waals surface area contributed by atoms with Gasteiger partial charge in [-0.05, 0) is 18.2 Å². The number of benzene rings is 2. The molecule has 2 aromatic rings. The Bertz CT molecular complexity index is 747. The number of amides is 1. The molecule has 0 saturated heterocycles. The number of carbonyl (C=O) groups is 1. The number of nitrogens with zero attached hydrogens (tertiary/aromatic N) is 2. The van der Waals surface area contributed by atoms with Crippen molar-refractivity contribution in [1.29, 1.82) is 0 Å². The van der Waals surface area contributed by atoms with Gasteiger partial charge in [-0.15, -0.1) is 0 Å². The molecule has 0 spiro atoms. The van der Waals surface area contributed by atoms with Crippen LogP contribution in [0.15, 0.2) is 48.5 Å². The van der Waals surface area contributed by atoms with E-state index in [2.05, 4.69) is 5.32 Å². The number of nitro groups is 2. The van der Waals surface area contributed by atoms with Crippen molar-refractivity contribution < 1.29 is 19.4 Å². The Morgan fingerprint density at radius 1 is 1.04 bits per heavy atom. The molecule has 0 bridgehead atoms. The molecule has 0 fully saturated rings. The zero-order valence-electron chi connectivity index (χ0n) is 11.7. The van der Waals surface area contributed by atoms with Crippen LogP contribution in [0.25, 0.3) is 0 Å². The third kappa shape index (κ3) is 4.24. The first-order valence-corrected chi connectivity index (χ1v) is 6.38. The number of ether oxygens (including phenoxy) is 1. The highest BCUT2D eigenvalue weighted by molar-refractivity contribution is 5.94. The molecule has 0 aliphatic rings. The third-order valence-electron chi connectivity index (χ3n) is 2.78. The molecule has 9 nitrogen and oxygen atoms in total. The van der Waals surface area contributed by atoms with E-state index >= 15 is 0 Å². The van der Waals surface area contributed by atoms with Crippen LogP contribution in [0.1, 0.15) is 0 Å². The second kappa shape index (κ2) is 6.98. The van der Waals surface area contributed by atoms with Crippen molar-refractivity contribution in [2.45, 2.75) is 0 Å². The van der Waals surface area contributed by atoms with E-state index in [1.807, 2.05) is 0 Å². The number of carbonyl (C=O) groups excluding carboxylic acids is 1. The van der Waals surface area contributed by atoms with E-state index in [1.54, 1.807) is 30.3 Å². The quantitative estimate of drug-likeness (QED) is 0.644. The molecule has 0 aliphatic carbocycles. The molecule has 0 heterocycles. The largest absolute Gasteiger partial charge is 0.484 e. The fraction of sp³-hybridized carbons (Fsp3) is 0.0714. The predicted octanol–water partition coefficient (Wildman–Crippen LogP) is 2.52. The minimum Gasteiger partial charge on any atom is -0.484 e. The van der Waals surface area contributed by atoms with Gasteiger partial charge in [0, 0.05) is 6.07 Å². The van der Waals surface area contributed by atoms with Crippen LogP contribution in [0.2, 0.25) is 0 Å². The summed E-state index contributed by atoms with van der Waals surface area (Å²) in [5.41, 5.74) is -1.13. The first kappa shape index (κ1) is 15.9. The smallest absolute Gasteiger partial charge is 0.299 e. The first-order chi connectivity index (χ1) is 11.0. The number of para-hydroxylation sites is 1. The molecular formula is C14H11N3O6. The standard InChI is InChI=1S/C14H11N3O6/c18-14(9-23-11-4-2-1-3-5-11)15-12-7-6-10(16(19)20)8-13(12)17(21)22/h1-8H,9H2,(H,15,18). The summed E-state index contributed by atoms with van der Waals surface area (Å²) < 4.78 is 5.21. The molecule has 2 aromatic carbocycles. The zero-order chi connectivity index (χ0) is 16.8. The zero-order valence-corrected chi connectivity index (χ0v) is 11.7. The van der Waals surface area contributed by atoms with Crippen LogP contribution in [0.5, 0.6) is 5.75 Å². The highest BCUT2D eigenvalue weighted by Crippen LogP contribution is 2.28. The number of non-ortho nitro benzene ring substituents is 1. The van der Waals surface area contributed by atoms with E-state index in [0.717, 1.165) is 18.2 Å². The van der Waals surface area contributed by atoms with Crippen LogP contribution in [0.3, 0.4) is 0 Å². The maximum absolute atomic E-state index is 11.8. The fourth-order valence-electron chi connectivity index (χ4n) is 1.74. The average molecular weight is 317 g/mol. The third-order valence-corrected chi connectivity index (χ3v) is 2.78. The van der Waals surface area contributed by atoms with Crippen molar-refractivity contribution in [1.82, 2.24) is 0 Å². The average Bonchev–Trinajstić information content (AvgIpc) is 2.54. The van der Waals surface area contributed by atoms with Crippen molar-refractivity contribution in [2.75, 3.05) is 11.9 Å². The highest BCUT2D eigenvalue weighted by Gasteiger charge is 2.20. The minimum absolute atomic E-state index is 0.137. The summed E-state index contributed by atoms with van der Waals surface area (Å²) in [5.74, 6) is -0.147. The molecule has 2 rings (SSSR count). The van der Waals surface area contributed by atoms with Crippen LogP contribution in [-0.4, -0.2) is 22.4 Å². The lowest BCUT2D eigenvalue weighted by atomic mass is 10.2. The normalized spacial score (nSPS) is 9.91. The molecule has 1 amide bonds. The van der Waals surface area contributed by atoms with E-state index in [0.29, 0.717) is 5.75 Å². The van der Waals surface area contributed by atoms with Gasteiger partial charge in [0.25, 0.3) is 17.3 Å². The number of nitro benzene ring substituents is 2. The summed E-state index contributed by atoms with van der Waals surface area (Å²) in [6.07, 6.45) is 0. The Balaban J connectivity index is 2.08. The first-order valence-electron chi connectivity index (χ1n) is 6.38. The molecule has 1 N–H and O–H groups in total. The van der Waals surface area contributed by atoms with Gasteiger partial charge < -0.3 is 10.1 Å². The summed E-state index contributed by atoms with van der Waals surface area (Å²) in [6.45, 7) is -0.349. The molecule has 0 aromatic heterocycles. The summed E-state index contributed by atoms with van der Waals surface area (Å²) in [4.78, 5) is 31.8. The van der Waals surface area contributed by atoms with Crippen LogP contribution in [0, 0.1) is 20.2 Å². The maximum atomic E-state index is 11.8. The summed E-state index contributed by atoms with van der Waals surface area (Å²) in [5, 5.41) is 23.9. The van der Waals surface area contributed by atoms with Gasteiger partial charge >= 0.3 is 0 Å². The number of hydrogen-bond acceptors (Lipinski definition) is 6. The van der Waals surface area contributed by atoms with E-state index < -0.39 is 27.1 Å². The summed E-state index contributed by atoms with van der Waals surface area (Å²) >= 11 is 0. The Morgan fingerprint density at radius 2 is 1.74 bits per heavy atom. The van der Waals surface area contributed by atoms with Crippen LogP contribution < -0.4 is 10.1 Å². The maximum Gasteiger partial charge on any atom is 0.299 e. The molecule has 0 radical (unpaired) electrons. The van der Waals surface area contributed by atoms with E-state index in [4.69, 9.17) is 4.74 Å². The molecule has 0 saturated carbocycles. The van der Waals surface area contributed by atoms with Crippen LogP contribution in [-0.2, 0) is 4.79 Å². The van der Waals surface area contributed by atoms with E-state index in [-0.39, 0.29) is 12.3 Å². The Morgan fingerprint density at radius 3 is 2.35 bits per heavy atom. The number of rotatable bonds is 6. The molecule has 0 atom stereocenters. The fourth-order valence-corrected chi connectivity index (χ4v) is 1.74. The highest BCUT2D eigenvalue weighted by atomic mass is 16.6. The molecule has 23 heavy (non-hydrogen) atoms. The monoisotopic (exact) mass is 317 g/mol. The van der Waals surface area contributed by atoms with Gasteiger partial charge in [0.1, 0.15) is 11.4 Å². The number of nitrogens with one attached hydrogen (secondary N) is 1. The minimum atomic E-state index is -0.805. The SMILES string of the molecule is O=C(COc1ccccc1)Nc1ccc([N+](=O)[O-])cc1[N+](=O)[O-]. The topological polar surface area (TPSA) is 125 Å². The summed E-state index contributed by atoms with van der Waals surface area (Å²) in [6, 6.07) is 11.5. The summed E-state index contributed by atoms with van der Waals surface area (Å²) in [7, 11) is 0. The second-order valence-electron chi connectivity index (χ2n) is 4.37. The molecular weight excluding hydrogens is 306 g/mol. The molecule has 118 valence electrons. The van der Waals surface area contributed by atoms with Crippen molar-refractivity contribution in [3.05, 3.63) is 68.8 Å². The van der Waals surface area contributed by atoms with Crippen molar-refractivity contribution in [3.63, 3.8) is 0 Å². The Hall–Kier alpha value is -3.49. The van der Waals surface area contributed by atoms with Crippen molar-refractivity contribution in [2.24, 2.45) is 0 Å². The number of anilines is 1. The lowest BCUT2D eigenvalue weighted by molar-refractivity contribution is -0.393. The predicted molar refractivity (Wildman–Crippen MR) is 80.3 cm³/mol. The van der Waals surface area contributed by atoms with E-state index in [1.165, 1.54) is 0 Å². The van der Waals surface area contributed by atoms with Gasteiger partial charge in [0.05, 0.1) is 15.9 Å².